The first kappa shape index (κ1) is 12.9. The number of benzene rings is 1. The lowest BCUT2D eigenvalue weighted by atomic mass is 10.1. The summed E-state index contributed by atoms with van der Waals surface area (Å²) < 4.78 is 7.42. The molecule has 5 nitrogen and oxygen atoms in total. The second-order valence-corrected chi connectivity index (χ2v) is 5.14. The molecular weight excluding hydrogens is 254 g/mol. The fourth-order valence-electron chi connectivity index (χ4n) is 2.26. The maximum atomic E-state index is 11.9. The van der Waals surface area contributed by atoms with Gasteiger partial charge in [0.25, 0.3) is 0 Å². The smallest absolute Gasteiger partial charge is 0.349 e. The van der Waals surface area contributed by atoms with E-state index in [0.29, 0.717) is 12.4 Å². The molecule has 1 atom stereocenters. The molecule has 5 heteroatoms. The summed E-state index contributed by atoms with van der Waals surface area (Å²) in [5, 5.41) is 3.17. The van der Waals surface area contributed by atoms with E-state index >= 15 is 0 Å². The highest BCUT2D eigenvalue weighted by molar-refractivity contribution is 5.45. The van der Waals surface area contributed by atoms with Crippen LogP contribution in [0.4, 0.5) is 5.82 Å². The molecular formula is C15H17N3O2. The monoisotopic (exact) mass is 271 g/mol. The first-order valence-electron chi connectivity index (χ1n) is 6.70. The normalized spacial score (nSPS) is 17.6. The number of ether oxygens (including phenoxy) is 1. The van der Waals surface area contributed by atoms with Crippen LogP contribution in [-0.2, 0) is 11.3 Å². The minimum atomic E-state index is -0.259. The van der Waals surface area contributed by atoms with Gasteiger partial charge >= 0.3 is 5.69 Å². The Kier molecular flexibility index (Phi) is 3.28. The Hall–Kier alpha value is -2.14. The van der Waals surface area contributed by atoms with E-state index in [2.05, 4.69) is 10.3 Å². The molecule has 0 radical (unpaired) electrons. The van der Waals surface area contributed by atoms with Gasteiger partial charge in [0.2, 0.25) is 0 Å². The minimum Gasteiger partial charge on any atom is -0.349 e. The third-order valence-corrected chi connectivity index (χ3v) is 3.36. The molecule has 104 valence electrons. The number of hydrogen-bond acceptors (Lipinski definition) is 4. The average Bonchev–Trinajstić information content (AvgIpc) is 2.46. The second kappa shape index (κ2) is 5.09. The van der Waals surface area contributed by atoms with Gasteiger partial charge in [-0.05, 0) is 13.8 Å². The minimum absolute atomic E-state index is 0.0900. The number of fused-ring (bicyclic) bond motifs is 1. The van der Waals surface area contributed by atoms with Gasteiger partial charge in [-0.2, -0.15) is 4.98 Å². The van der Waals surface area contributed by atoms with Crippen molar-refractivity contribution in [2.24, 2.45) is 0 Å². The summed E-state index contributed by atoms with van der Waals surface area (Å²) in [6, 6.07) is 9.93. The maximum absolute atomic E-state index is 11.9. The Bertz CT molecular complexity index is 665. The van der Waals surface area contributed by atoms with Gasteiger partial charge in [0, 0.05) is 23.4 Å². The van der Waals surface area contributed by atoms with E-state index in [1.54, 1.807) is 4.57 Å². The van der Waals surface area contributed by atoms with Gasteiger partial charge in [-0.3, -0.25) is 4.57 Å². The SMILES string of the molecule is CC(C)n1cc2c(nc1=O)NC(c1ccccc1)OC2. The average molecular weight is 271 g/mol. The molecule has 1 aromatic heterocycles. The van der Waals surface area contributed by atoms with Crippen LogP contribution in [-0.4, -0.2) is 9.55 Å². The van der Waals surface area contributed by atoms with E-state index in [9.17, 15) is 4.79 Å². The summed E-state index contributed by atoms with van der Waals surface area (Å²) in [4.78, 5) is 16.1. The van der Waals surface area contributed by atoms with E-state index in [1.807, 2.05) is 50.4 Å². The molecule has 0 spiro atoms. The Morgan fingerprint density at radius 1 is 1.35 bits per heavy atom. The van der Waals surface area contributed by atoms with Crippen molar-refractivity contribution in [3.63, 3.8) is 0 Å². The summed E-state index contributed by atoms with van der Waals surface area (Å²) in [5.74, 6) is 0.618. The van der Waals surface area contributed by atoms with Gasteiger partial charge in [0.15, 0.2) is 6.23 Å². The molecule has 1 aliphatic heterocycles. The van der Waals surface area contributed by atoms with Crippen molar-refractivity contribution in [3.8, 4) is 0 Å². The molecule has 0 saturated heterocycles. The molecule has 1 aliphatic rings. The number of rotatable bonds is 2. The molecule has 2 heterocycles. The van der Waals surface area contributed by atoms with Crippen LogP contribution in [0.2, 0.25) is 0 Å². The Labute approximate surface area is 117 Å². The van der Waals surface area contributed by atoms with Crippen molar-refractivity contribution < 1.29 is 4.74 Å². The number of hydrogen-bond donors (Lipinski definition) is 1. The number of nitrogens with zero attached hydrogens (tertiary/aromatic N) is 2. The standard InChI is InChI=1S/C15H17N3O2/c1-10(2)18-8-12-9-20-14(11-6-4-3-5-7-11)16-13(12)17-15(18)19/h3-8,10,14H,9H2,1-2H3,(H,16,17,19). The van der Waals surface area contributed by atoms with Crippen LogP contribution in [0.1, 0.15) is 37.2 Å². The van der Waals surface area contributed by atoms with E-state index in [1.165, 1.54) is 0 Å². The van der Waals surface area contributed by atoms with Gasteiger partial charge in [0.1, 0.15) is 5.82 Å². The number of nitrogens with one attached hydrogen (secondary N) is 1. The zero-order chi connectivity index (χ0) is 14.1. The molecule has 1 aromatic carbocycles. The van der Waals surface area contributed by atoms with Gasteiger partial charge in [-0.1, -0.05) is 30.3 Å². The molecule has 1 N–H and O–H groups in total. The molecule has 0 saturated carbocycles. The lowest BCUT2D eigenvalue weighted by Gasteiger charge is -2.27. The zero-order valence-corrected chi connectivity index (χ0v) is 11.5. The summed E-state index contributed by atoms with van der Waals surface area (Å²) in [5.41, 5.74) is 1.69. The molecule has 0 bridgehead atoms. The highest BCUT2D eigenvalue weighted by atomic mass is 16.5. The van der Waals surface area contributed by atoms with E-state index in [4.69, 9.17) is 4.74 Å². The third kappa shape index (κ3) is 2.32. The summed E-state index contributed by atoms with van der Waals surface area (Å²) in [6.07, 6.45) is 1.56. The van der Waals surface area contributed by atoms with Crippen LogP contribution in [0, 0.1) is 0 Å². The van der Waals surface area contributed by atoms with Crippen LogP contribution in [0.15, 0.2) is 41.3 Å². The van der Waals surface area contributed by atoms with E-state index in [0.717, 1.165) is 11.1 Å². The Morgan fingerprint density at radius 2 is 2.10 bits per heavy atom. The van der Waals surface area contributed by atoms with Crippen molar-refractivity contribution in [3.05, 3.63) is 58.1 Å². The zero-order valence-electron chi connectivity index (χ0n) is 11.5. The number of aromatic nitrogens is 2. The molecule has 0 aliphatic carbocycles. The lowest BCUT2D eigenvalue weighted by Crippen LogP contribution is -2.30. The van der Waals surface area contributed by atoms with Gasteiger partial charge in [-0.15, -0.1) is 0 Å². The molecule has 20 heavy (non-hydrogen) atoms. The predicted molar refractivity (Wildman–Crippen MR) is 76.5 cm³/mol. The van der Waals surface area contributed by atoms with Crippen LogP contribution in [0.3, 0.4) is 0 Å². The Balaban J connectivity index is 1.93. The van der Waals surface area contributed by atoms with Gasteiger partial charge in [-0.25, -0.2) is 4.79 Å². The largest absolute Gasteiger partial charge is 0.349 e. The van der Waals surface area contributed by atoms with Crippen LogP contribution in [0.5, 0.6) is 0 Å². The topological polar surface area (TPSA) is 56.2 Å². The van der Waals surface area contributed by atoms with Crippen molar-refractivity contribution in [1.82, 2.24) is 9.55 Å². The summed E-state index contributed by atoms with van der Waals surface area (Å²) in [6.45, 7) is 4.36. The van der Waals surface area contributed by atoms with Crippen molar-refractivity contribution in [1.29, 1.82) is 0 Å². The highest BCUT2D eigenvalue weighted by Gasteiger charge is 2.22. The highest BCUT2D eigenvalue weighted by Crippen LogP contribution is 2.28. The summed E-state index contributed by atoms with van der Waals surface area (Å²) >= 11 is 0. The van der Waals surface area contributed by atoms with Crippen LogP contribution in [0.25, 0.3) is 0 Å². The lowest BCUT2D eigenvalue weighted by molar-refractivity contribution is 0.0492. The van der Waals surface area contributed by atoms with Crippen LogP contribution < -0.4 is 11.0 Å². The van der Waals surface area contributed by atoms with Crippen molar-refractivity contribution in [2.45, 2.75) is 32.7 Å². The fourth-order valence-corrected chi connectivity index (χ4v) is 2.26. The second-order valence-electron chi connectivity index (χ2n) is 5.14. The van der Waals surface area contributed by atoms with Crippen molar-refractivity contribution >= 4 is 5.82 Å². The predicted octanol–water partition coefficient (Wildman–Crippen LogP) is 2.47. The molecule has 2 aromatic rings. The van der Waals surface area contributed by atoms with E-state index in [-0.39, 0.29) is 18.0 Å². The Morgan fingerprint density at radius 3 is 2.80 bits per heavy atom. The fraction of sp³-hybridized carbons (Fsp3) is 0.333. The maximum Gasteiger partial charge on any atom is 0.349 e. The first-order chi connectivity index (χ1) is 9.65. The first-order valence-corrected chi connectivity index (χ1v) is 6.70. The molecule has 0 amide bonds. The van der Waals surface area contributed by atoms with Gasteiger partial charge < -0.3 is 10.1 Å². The van der Waals surface area contributed by atoms with Gasteiger partial charge in [0.05, 0.1) is 6.61 Å². The number of anilines is 1. The molecule has 1 unspecified atom stereocenters. The molecule has 3 rings (SSSR count). The van der Waals surface area contributed by atoms with Crippen molar-refractivity contribution in [2.75, 3.05) is 5.32 Å². The third-order valence-electron chi connectivity index (χ3n) is 3.36. The summed E-state index contributed by atoms with van der Waals surface area (Å²) in [7, 11) is 0. The quantitative estimate of drug-likeness (QED) is 0.911. The van der Waals surface area contributed by atoms with Crippen LogP contribution >= 0.6 is 0 Å². The van der Waals surface area contributed by atoms with E-state index < -0.39 is 0 Å². The molecule has 0 fully saturated rings.